The van der Waals surface area contributed by atoms with Crippen molar-refractivity contribution in [2.45, 2.75) is 56.6 Å². The maximum Gasteiger partial charge on any atom is 0.472 e. The zero-order valence-corrected chi connectivity index (χ0v) is 21.6. The number of amidine groups is 1. The van der Waals surface area contributed by atoms with Gasteiger partial charge in [-0.3, -0.25) is 39.0 Å². The number of aliphatic hydroxyl groups is 2. The first-order valence-electron chi connectivity index (χ1n) is 11.7. The standard InChI is InChI=1S/C20H29N8O10P/c1-3-27(20(32)24-9(2)21)15-5-11(12(6-29)36-15)38-39(33,34)35-7-13-10(30)4-14(37-13)28-8-23-16-17(28)25-19(22)26-18(16)31/h3,8,10-15,29-30H,1,4-7H2,2H3,(H,33,34)(H2,21,24,32)(H3,22,25,26,31)/t10-,11-,12-,13-,14-,15-/m1/s1. The fraction of sp³-hybridized carbons (Fsp3) is 0.550. The molecular formula is C20H29N8O10P. The van der Waals surface area contributed by atoms with Crippen LogP contribution in [0, 0.1) is 5.41 Å². The Morgan fingerprint density at radius 1 is 1.46 bits per heavy atom. The van der Waals surface area contributed by atoms with E-state index in [0.717, 1.165) is 11.1 Å². The van der Waals surface area contributed by atoms with Gasteiger partial charge in [0.1, 0.15) is 30.8 Å². The van der Waals surface area contributed by atoms with Gasteiger partial charge in [-0.25, -0.2) is 14.3 Å². The molecule has 0 spiro atoms. The van der Waals surface area contributed by atoms with Crippen molar-refractivity contribution in [2.24, 2.45) is 0 Å². The van der Waals surface area contributed by atoms with E-state index in [2.05, 4.69) is 26.8 Å². The molecule has 2 saturated heterocycles. The van der Waals surface area contributed by atoms with E-state index in [1.807, 2.05) is 0 Å². The summed E-state index contributed by atoms with van der Waals surface area (Å²) >= 11 is 0. The lowest BCUT2D eigenvalue weighted by Crippen LogP contribution is -2.44. The number of nitrogens with zero attached hydrogens (tertiary/aromatic N) is 4. The number of nitrogens with one attached hydrogen (secondary N) is 3. The van der Waals surface area contributed by atoms with Crippen molar-refractivity contribution in [1.29, 1.82) is 5.41 Å². The SMILES string of the molecule is C=CN(C(=O)NC(C)=N)[C@H]1C[C@@H](OP(=O)(O)OC[C@H]2O[C@@H](n3cnc4c(=O)[nH]c(N)nc43)C[C@H]2O)[C@@H](CO)O1. The lowest BCUT2D eigenvalue weighted by molar-refractivity contribution is -0.0597. The highest BCUT2D eigenvalue weighted by molar-refractivity contribution is 7.47. The fourth-order valence-corrected chi connectivity index (χ4v) is 5.22. The van der Waals surface area contributed by atoms with Gasteiger partial charge in [0.15, 0.2) is 11.2 Å². The largest absolute Gasteiger partial charge is 0.472 e. The minimum absolute atomic E-state index is 0.0197. The average molecular weight is 572 g/mol. The minimum atomic E-state index is -4.77. The molecule has 7 atom stereocenters. The predicted octanol–water partition coefficient (Wildman–Crippen LogP) is -0.888. The summed E-state index contributed by atoms with van der Waals surface area (Å²) < 4.78 is 35.7. The summed E-state index contributed by atoms with van der Waals surface area (Å²) in [6, 6.07) is -0.724. The summed E-state index contributed by atoms with van der Waals surface area (Å²) in [5.74, 6) is -0.259. The summed E-state index contributed by atoms with van der Waals surface area (Å²) in [5.41, 5.74) is 5.21. The van der Waals surface area contributed by atoms with Gasteiger partial charge in [-0.2, -0.15) is 4.98 Å². The number of carbonyl (C=O) groups excluding carboxylic acids is 1. The molecule has 0 saturated carbocycles. The van der Waals surface area contributed by atoms with Gasteiger partial charge < -0.3 is 30.3 Å². The van der Waals surface area contributed by atoms with Crippen molar-refractivity contribution in [3.8, 4) is 0 Å². The Bertz CT molecular complexity index is 1350. The molecule has 214 valence electrons. The highest BCUT2D eigenvalue weighted by atomic mass is 31.2. The number of aliphatic hydroxyl groups excluding tert-OH is 2. The number of hydrogen-bond donors (Lipinski definition) is 7. The molecule has 0 radical (unpaired) electrons. The number of nitrogens with two attached hydrogens (primary N) is 1. The lowest BCUT2D eigenvalue weighted by atomic mass is 10.2. The van der Waals surface area contributed by atoms with Gasteiger partial charge in [0.2, 0.25) is 5.95 Å². The summed E-state index contributed by atoms with van der Waals surface area (Å²) in [4.78, 5) is 46.0. The zero-order valence-electron chi connectivity index (χ0n) is 20.7. The Kier molecular flexibility index (Phi) is 8.48. The molecule has 4 heterocycles. The van der Waals surface area contributed by atoms with E-state index in [9.17, 15) is 29.3 Å². The van der Waals surface area contributed by atoms with Crippen LogP contribution in [-0.4, -0.2) is 95.2 Å². The molecule has 19 heteroatoms. The van der Waals surface area contributed by atoms with Crippen molar-refractivity contribution in [3.63, 3.8) is 0 Å². The number of rotatable bonds is 9. The molecule has 2 aromatic rings. The van der Waals surface area contributed by atoms with E-state index in [1.165, 1.54) is 17.8 Å². The summed E-state index contributed by atoms with van der Waals surface area (Å²) in [7, 11) is -4.77. The molecule has 4 rings (SSSR count). The highest BCUT2D eigenvalue weighted by Gasteiger charge is 2.44. The molecule has 0 aliphatic carbocycles. The van der Waals surface area contributed by atoms with Crippen molar-refractivity contribution >= 4 is 36.8 Å². The predicted molar refractivity (Wildman–Crippen MR) is 132 cm³/mol. The third-order valence-electron chi connectivity index (χ3n) is 6.03. The van der Waals surface area contributed by atoms with E-state index in [1.54, 1.807) is 0 Å². The van der Waals surface area contributed by atoms with Crippen LogP contribution in [0.25, 0.3) is 11.2 Å². The summed E-state index contributed by atoms with van der Waals surface area (Å²) in [6.45, 7) is 3.74. The van der Waals surface area contributed by atoms with Gasteiger partial charge in [-0.05, 0) is 6.92 Å². The molecule has 0 bridgehead atoms. The smallest absolute Gasteiger partial charge is 0.394 e. The van der Waals surface area contributed by atoms with Crippen LogP contribution >= 0.6 is 7.82 Å². The topological polar surface area (TPSA) is 260 Å². The van der Waals surface area contributed by atoms with E-state index in [0.29, 0.717) is 0 Å². The number of ether oxygens (including phenoxy) is 2. The number of urea groups is 1. The van der Waals surface area contributed by atoms with Crippen molar-refractivity contribution in [3.05, 3.63) is 29.5 Å². The quantitative estimate of drug-likeness (QED) is 0.109. The van der Waals surface area contributed by atoms with E-state index < -0.39 is 69.5 Å². The third-order valence-corrected chi connectivity index (χ3v) is 7.04. The second-order valence-electron chi connectivity index (χ2n) is 8.81. The van der Waals surface area contributed by atoms with Gasteiger partial charge in [-0.1, -0.05) is 6.58 Å². The van der Waals surface area contributed by atoms with E-state index >= 15 is 0 Å². The molecule has 2 amide bonds. The first-order chi connectivity index (χ1) is 18.4. The number of amides is 2. The van der Waals surface area contributed by atoms with E-state index in [4.69, 9.17) is 29.7 Å². The van der Waals surface area contributed by atoms with Crippen LogP contribution in [0.15, 0.2) is 23.9 Å². The number of anilines is 1. The number of nitrogen functional groups attached to an aromatic ring is 1. The number of hydrogen-bond acceptors (Lipinski definition) is 13. The van der Waals surface area contributed by atoms with Crippen LogP contribution in [0.4, 0.5) is 10.7 Å². The van der Waals surface area contributed by atoms with Crippen molar-refractivity contribution < 1.29 is 43.0 Å². The molecule has 18 nitrogen and oxygen atoms in total. The second-order valence-corrected chi connectivity index (χ2v) is 10.2. The number of aromatic amines is 1. The van der Waals surface area contributed by atoms with Crippen LogP contribution in [0.3, 0.4) is 0 Å². The number of carbonyl (C=O) groups is 1. The fourth-order valence-electron chi connectivity index (χ4n) is 4.26. The van der Waals surface area contributed by atoms with Crippen molar-refractivity contribution in [2.75, 3.05) is 18.9 Å². The van der Waals surface area contributed by atoms with Crippen LogP contribution in [0.5, 0.6) is 0 Å². The number of H-pyrrole nitrogens is 1. The Labute approximate surface area is 220 Å². The Hall–Kier alpha value is -3.22. The molecule has 0 aromatic carbocycles. The Morgan fingerprint density at radius 3 is 2.87 bits per heavy atom. The van der Waals surface area contributed by atoms with Crippen molar-refractivity contribution in [1.82, 2.24) is 29.7 Å². The number of phosphoric ester groups is 1. The number of phosphoric acid groups is 1. The highest BCUT2D eigenvalue weighted by Crippen LogP contribution is 2.48. The Morgan fingerprint density at radius 2 is 2.21 bits per heavy atom. The van der Waals surface area contributed by atoms with Crippen LogP contribution in [0.1, 0.15) is 26.0 Å². The molecule has 2 fully saturated rings. The average Bonchev–Trinajstić information content (AvgIpc) is 3.54. The van der Waals surface area contributed by atoms with E-state index in [-0.39, 0.29) is 35.8 Å². The summed E-state index contributed by atoms with van der Waals surface area (Å²) in [5, 5.41) is 29.8. The van der Waals surface area contributed by atoms with Gasteiger partial charge in [0.25, 0.3) is 5.56 Å². The molecular weight excluding hydrogens is 543 g/mol. The van der Waals surface area contributed by atoms with Crippen LogP contribution < -0.4 is 16.6 Å². The Balaban J connectivity index is 1.37. The molecule has 1 unspecified atom stereocenters. The monoisotopic (exact) mass is 572 g/mol. The van der Waals surface area contributed by atoms with Gasteiger partial charge in [0.05, 0.1) is 31.5 Å². The lowest BCUT2D eigenvalue weighted by Gasteiger charge is -2.24. The normalized spacial score (nSPS) is 28.3. The first-order valence-corrected chi connectivity index (χ1v) is 13.2. The maximum absolute atomic E-state index is 12.7. The second kappa shape index (κ2) is 11.5. The summed E-state index contributed by atoms with van der Waals surface area (Å²) in [6.07, 6.45) is -3.88. The minimum Gasteiger partial charge on any atom is -0.394 e. The number of imidazole rings is 1. The molecule has 8 N–H and O–H groups in total. The zero-order chi connectivity index (χ0) is 28.5. The van der Waals surface area contributed by atoms with Gasteiger partial charge >= 0.3 is 13.9 Å². The van der Waals surface area contributed by atoms with Crippen LogP contribution in [0.2, 0.25) is 0 Å². The molecule has 39 heavy (non-hydrogen) atoms. The first kappa shape index (κ1) is 28.8. The molecule has 2 aromatic heterocycles. The maximum atomic E-state index is 12.7. The molecule has 2 aliphatic heterocycles. The van der Waals surface area contributed by atoms with Gasteiger partial charge in [-0.15, -0.1) is 0 Å². The van der Waals surface area contributed by atoms with Gasteiger partial charge in [0, 0.05) is 19.0 Å². The third kappa shape index (κ3) is 6.34. The number of fused-ring (bicyclic) bond motifs is 1. The van der Waals surface area contributed by atoms with Crippen LogP contribution in [-0.2, 0) is 23.1 Å². The molecule has 2 aliphatic rings. The number of aromatic nitrogens is 4.